The summed E-state index contributed by atoms with van der Waals surface area (Å²) in [6, 6.07) is 5.90. The van der Waals surface area contributed by atoms with Crippen LogP contribution in [0, 0.1) is 0 Å². The topological polar surface area (TPSA) is 43.3 Å². The van der Waals surface area contributed by atoms with E-state index >= 15 is 0 Å². The minimum atomic E-state index is -0.0238. The van der Waals surface area contributed by atoms with E-state index in [0.717, 1.165) is 23.5 Å². The number of rotatable bonds is 2. The van der Waals surface area contributed by atoms with Gasteiger partial charge in [0.05, 0.1) is 5.52 Å². The normalized spacial score (nSPS) is 13.3. The summed E-state index contributed by atoms with van der Waals surface area (Å²) in [6.07, 6.45) is 0.845. The number of nitrogens with zero attached hydrogens (tertiary/aromatic N) is 2. The number of aromatic nitrogens is 2. The SMILES string of the molecule is CCc1nc(Cl)c2cccc(C(C)N)n12. The molecule has 2 N–H and O–H groups in total. The zero-order valence-corrected chi connectivity index (χ0v) is 9.62. The Balaban J connectivity index is 2.82. The fourth-order valence-corrected chi connectivity index (χ4v) is 2.03. The van der Waals surface area contributed by atoms with Gasteiger partial charge >= 0.3 is 0 Å². The number of imidazole rings is 1. The van der Waals surface area contributed by atoms with Crippen molar-refractivity contribution in [2.75, 3.05) is 0 Å². The smallest absolute Gasteiger partial charge is 0.155 e. The van der Waals surface area contributed by atoms with E-state index in [0.29, 0.717) is 5.15 Å². The van der Waals surface area contributed by atoms with Crippen molar-refractivity contribution in [2.24, 2.45) is 5.73 Å². The number of hydrogen-bond donors (Lipinski definition) is 1. The average Bonchev–Trinajstić information content (AvgIpc) is 2.55. The molecule has 2 aromatic rings. The van der Waals surface area contributed by atoms with E-state index in [1.165, 1.54) is 0 Å². The summed E-state index contributed by atoms with van der Waals surface area (Å²) in [7, 11) is 0. The maximum atomic E-state index is 6.06. The quantitative estimate of drug-likeness (QED) is 0.851. The molecule has 0 bridgehead atoms. The van der Waals surface area contributed by atoms with Gasteiger partial charge in [0.2, 0.25) is 0 Å². The third-order valence-corrected chi connectivity index (χ3v) is 2.78. The first-order valence-electron chi connectivity index (χ1n) is 5.06. The van der Waals surface area contributed by atoms with E-state index in [1.54, 1.807) is 0 Å². The Bertz CT molecular complexity index is 488. The lowest BCUT2D eigenvalue weighted by Crippen LogP contribution is -2.11. The van der Waals surface area contributed by atoms with Gasteiger partial charge in [0.25, 0.3) is 0 Å². The number of hydrogen-bond acceptors (Lipinski definition) is 2. The molecule has 0 saturated carbocycles. The molecule has 0 aromatic carbocycles. The van der Waals surface area contributed by atoms with Gasteiger partial charge in [0.15, 0.2) is 5.15 Å². The minimum Gasteiger partial charge on any atom is -0.323 e. The Kier molecular flexibility index (Phi) is 2.67. The lowest BCUT2D eigenvalue weighted by molar-refractivity contribution is 0.744. The molecule has 1 atom stereocenters. The standard InChI is InChI=1S/C11H14ClN3/c1-3-10-14-11(12)9-6-4-5-8(7(2)13)15(9)10/h4-7H,3,13H2,1-2H3. The van der Waals surface area contributed by atoms with Gasteiger partial charge in [-0.2, -0.15) is 0 Å². The lowest BCUT2D eigenvalue weighted by atomic mass is 10.2. The van der Waals surface area contributed by atoms with Crippen molar-refractivity contribution >= 4 is 17.1 Å². The molecular weight excluding hydrogens is 210 g/mol. The van der Waals surface area contributed by atoms with Crippen LogP contribution in [-0.2, 0) is 6.42 Å². The molecule has 0 fully saturated rings. The predicted molar refractivity (Wildman–Crippen MR) is 62.2 cm³/mol. The van der Waals surface area contributed by atoms with Crippen LogP contribution in [0.1, 0.15) is 31.4 Å². The third-order valence-electron chi connectivity index (χ3n) is 2.50. The molecule has 3 nitrogen and oxygen atoms in total. The predicted octanol–water partition coefficient (Wildman–Crippen LogP) is 2.57. The first-order valence-corrected chi connectivity index (χ1v) is 5.44. The number of aryl methyl sites for hydroxylation is 1. The van der Waals surface area contributed by atoms with Gasteiger partial charge in [-0.05, 0) is 19.1 Å². The second-order valence-electron chi connectivity index (χ2n) is 3.63. The van der Waals surface area contributed by atoms with E-state index in [9.17, 15) is 0 Å². The Labute approximate surface area is 93.9 Å². The summed E-state index contributed by atoms with van der Waals surface area (Å²) < 4.78 is 2.05. The maximum Gasteiger partial charge on any atom is 0.155 e. The molecule has 0 aliphatic heterocycles. The van der Waals surface area contributed by atoms with Crippen LogP contribution in [0.5, 0.6) is 0 Å². The Morgan fingerprint density at radius 2 is 2.27 bits per heavy atom. The molecule has 2 heterocycles. The molecular formula is C11H14ClN3. The number of fused-ring (bicyclic) bond motifs is 1. The largest absolute Gasteiger partial charge is 0.323 e. The van der Waals surface area contributed by atoms with Crippen molar-refractivity contribution < 1.29 is 0 Å². The average molecular weight is 224 g/mol. The van der Waals surface area contributed by atoms with Crippen molar-refractivity contribution in [3.63, 3.8) is 0 Å². The summed E-state index contributed by atoms with van der Waals surface area (Å²) in [5, 5.41) is 0.550. The lowest BCUT2D eigenvalue weighted by Gasteiger charge is -2.10. The van der Waals surface area contributed by atoms with Crippen LogP contribution in [0.15, 0.2) is 18.2 Å². The molecule has 0 radical (unpaired) electrons. The summed E-state index contributed by atoms with van der Waals surface area (Å²) >= 11 is 6.06. The first-order chi connectivity index (χ1) is 7.15. The molecule has 0 amide bonds. The molecule has 80 valence electrons. The van der Waals surface area contributed by atoms with Crippen LogP contribution >= 0.6 is 11.6 Å². The van der Waals surface area contributed by atoms with Gasteiger partial charge in [-0.3, -0.25) is 4.40 Å². The summed E-state index contributed by atoms with van der Waals surface area (Å²) in [6.45, 7) is 4.02. The molecule has 0 aliphatic carbocycles. The van der Waals surface area contributed by atoms with Gasteiger partial charge in [0, 0.05) is 18.2 Å². The molecule has 4 heteroatoms. The van der Waals surface area contributed by atoms with Gasteiger partial charge < -0.3 is 5.73 Å². The van der Waals surface area contributed by atoms with Gasteiger partial charge in [-0.15, -0.1) is 0 Å². The fourth-order valence-electron chi connectivity index (χ4n) is 1.79. The zero-order valence-electron chi connectivity index (χ0n) is 8.87. The van der Waals surface area contributed by atoms with Crippen LogP contribution < -0.4 is 5.73 Å². The molecule has 15 heavy (non-hydrogen) atoms. The number of halogens is 1. The Morgan fingerprint density at radius 3 is 2.87 bits per heavy atom. The first kappa shape index (κ1) is 10.5. The Morgan fingerprint density at radius 1 is 1.53 bits per heavy atom. The van der Waals surface area contributed by atoms with Crippen LogP contribution in [0.25, 0.3) is 5.52 Å². The van der Waals surface area contributed by atoms with E-state index in [2.05, 4.69) is 11.9 Å². The number of nitrogens with two attached hydrogens (primary N) is 1. The highest BCUT2D eigenvalue weighted by molar-refractivity contribution is 6.32. The van der Waals surface area contributed by atoms with Crippen LogP contribution in [0.2, 0.25) is 5.15 Å². The van der Waals surface area contributed by atoms with E-state index in [1.807, 2.05) is 29.5 Å². The molecule has 1 unspecified atom stereocenters. The van der Waals surface area contributed by atoms with Crippen molar-refractivity contribution in [3.8, 4) is 0 Å². The second kappa shape index (κ2) is 3.83. The monoisotopic (exact) mass is 223 g/mol. The molecule has 0 spiro atoms. The third kappa shape index (κ3) is 1.62. The molecule has 0 aliphatic rings. The van der Waals surface area contributed by atoms with Crippen LogP contribution in [-0.4, -0.2) is 9.38 Å². The fraction of sp³-hybridized carbons (Fsp3) is 0.364. The molecule has 2 aromatic heterocycles. The van der Waals surface area contributed by atoms with Gasteiger partial charge in [-0.25, -0.2) is 4.98 Å². The summed E-state index contributed by atoms with van der Waals surface area (Å²) in [4.78, 5) is 4.32. The van der Waals surface area contributed by atoms with E-state index < -0.39 is 0 Å². The highest BCUT2D eigenvalue weighted by atomic mass is 35.5. The van der Waals surface area contributed by atoms with Crippen LogP contribution in [0.4, 0.5) is 0 Å². The maximum absolute atomic E-state index is 6.06. The van der Waals surface area contributed by atoms with Crippen LogP contribution in [0.3, 0.4) is 0 Å². The Hall–Kier alpha value is -1.06. The van der Waals surface area contributed by atoms with E-state index in [4.69, 9.17) is 17.3 Å². The highest BCUT2D eigenvalue weighted by Gasteiger charge is 2.12. The zero-order chi connectivity index (χ0) is 11.0. The minimum absolute atomic E-state index is 0.0238. The summed E-state index contributed by atoms with van der Waals surface area (Å²) in [5.41, 5.74) is 7.90. The van der Waals surface area contributed by atoms with Gasteiger partial charge in [0.1, 0.15) is 5.82 Å². The number of pyridine rings is 1. The van der Waals surface area contributed by atoms with Crippen molar-refractivity contribution in [2.45, 2.75) is 26.3 Å². The van der Waals surface area contributed by atoms with Crippen molar-refractivity contribution in [1.29, 1.82) is 0 Å². The molecule has 0 saturated heterocycles. The van der Waals surface area contributed by atoms with Gasteiger partial charge in [-0.1, -0.05) is 24.6 Å². The highest BCUT2D eigenvalue weighted by Crippen LogP contribution is 2.22. The summed E-state index contributed by atoms with van der Waals surface area (Å²) in [5.74, 6) is 0.961. The van der Waals surface area contributed by atoms with Crippen molar-refractivity contribution in [1.82, 2.24) is 9.38 Å². The molecule has 2 rings (SSSR count). The van der Waals surface area contributed by atoms with Crippen molar-refractivity contribution in [3.05, 3.63) is 34.9 Å². The second-order valence-corrected chi connectivity index (χ2v) is 3.99. The van der Waals surface area contributed by atoms with E-state index in [-0.39, 0.29) is 6.04 Å².